The molecule has 0 unspecified atom stereocenters. The molecule has 2 aliphatic rings. The van der Waals surface area contributed by atoms with Crippen molar-refractivity contribution in [3.63, 3.8) is 0 Å². The van der Waals surface area contributed by atoms with Crippen molar-refractivity contribution in [3.05, 3.63) is 35.9 Å². The Balaban J connectivity index is 1.40. The van der Waals surface area contributed by atoms with Crippen LogP contribution in [0.5, 0.6) is 0 Å². The van der Waals surface area contributed by atoms with Crippen LogP contribution in [0.2, 0.25) is 0 Å². The van der Waals surface area contributed by atoms with E-state index >= 15 is 0 Å². The molecule has 0 atom stereocenters. The lowest BCUT2D eigenvalue weighted by Crippen LogP contribution is -2.47. The summed E-state index contributed by atoms with van der Waals surface area (Å²) in [6.45, 7) is 5.13. The van der Waals surface area contributed by atoms with Crippen molar-refractivity contribution in [1.82, 2.24) is 15.5 Å². The molecule has 120 valence electrons. The van der Waals surface area contributed by atoms with Gasteiger partial charge in [0.15, 0.2) is 0 Å². The molecular formula is C18H27N3O. The van der Waals surface area contributed by atoms with Gasteiger partial charge in [-0.2, -0.15) is 0 Å². The van der Waals surface area contributed by atoms with Gasteiger partial charge in [0, 0.05) is 31.6 Å². The number of nitrogens with zero attached hydrogens (tertiary/aromatic N) is 1. The zero-order valence-electron chi connectivity index (χ0n) is 13.3. The van der Waals surface area contributed by atoms with Crippen molar-refractivity contribution < 1.29 is 4.79 Å². The number of nitrogens with one attached hydrogen (secondary N) is 2. The Kier molecular flexibility index (Phi) is 5.46. The molecule has 0 aliphatic carbocycles. The summed E-state index contributed by atoms with van der Waals surface area (Å²) in [5.74, 6) is 0.506. The lowest BCUT2D eigenvalue weighted by Gasteiger charge is -2.33. The number of likely N-dealkylation sites (tertiary alicyclic amines) is 1. The molecule has 2 N–H and O–H groups in total. The number of hydrogen-bond acceptors (Lipinski definition) is 3. The smallest absolute Gasteiger partial charge is 0.223 e. The van der Waals surface area contributed by atoms with E-state index in [0.717, 1.165) is 58.4 Å². The van der Waals surface area contributed by atoms with Gasteiger partial charge in [-0.3, -0.25) is 9.69 Å². The summed E-state index contributed by atoms with van der Waals surface area (Å²) < 4.78 is 0. The average Bonchev–Trinajstić information content (AvgIpc) is 2.58. The van der Waals surface area contributed by atoms with Crippen LogP contribution in [0.4, 0.5) is 0 Å². The molecular weight excluding hydrogens is 274 g/mol. The SMILES string of the molecule is O=C(NC1CCN(Cc2ccccc2)CC1)C1CCNCC1. The van der Waals surface area contributed by atoms with Crippen molar-refractivity contribution in [1.29, 1.82) is 0 Å². The van der Waals surface area contributed by atoms with E-state index in [4.69, 9.17) is 0 Å². The monoisotopic (exact) mass is 301 g/mol. The predicted octanol–water partition coefficient (Wildman–Crippen LogP) is 1.77. The van der Waals surface area contributed by atoms with E-state index < -0.39 is 0 Å². The highest BCUT2D eigenvalue weighted by atomic mass is 16.1. The van der Waals surface area contributed by atoms with Gasteiger partial charge in [0.2, 0.25) is 5.91 Å². The van der Waals surface area contributed by atoms with E-state index in [9.17, 15) is 4.79 Å². The van der Waals surface area contributed by atoms with Crippen molar-refractivity contribution in [2.75, 3.05) is 26.2 Å². The first kappa shape index (κ1) is 15.5. The largest absolute Gasteiger partial charge is 0.353 e. The zero-order chi connectivity index (χ0) is 15.2. The van der Waals surface area contributed by atoms with Crippen LogP contribution in [-0.2, 0) is 11.3 Å². The maximum atomic E-state index is 12.3. The molecule has 1 amide bonds. The van der Waals surface area contributed by atoms with Crippen molar-refractivity contribution >= 4 is 5.91 Å². The zero-order valence-corrected chi connectivity index (χ0v) is 13.3. The van der Waals surface area contributed by atoms with E-state index in [1.54, 1.807) is 0 Å². The molecule has 1 aromatic rings. The first-order valence-corrected chi connectivity index (χ1v) is 8.58. The van der Waals surface area contributed by atoms with Crippen LogP contribution in [0.15, 0.2) is 30.3 Å². The molecule has 2 aliphatic heterocycles. The van der Waals surface area contributed by atoms with Gasteiger partial charge in [-0.1, -0.05) is 30.3 Å². The Morgan fingerprint density at radius 3 is 2.45 bits per heavy atom. The van der Waals surface area contributed by atoms with Crippen LogP contribution in [0, 0.1) is 5.92 Å². The summed E-state index contributed by atoms with van der Waals surface area (Å²) in [7, 11) is 0. The summed E-state index contributed by atoms with van der Waals surface area (Å²) in [5, 5.41) is 6.60. The van der Waals surface area contributed by atoms with E-state index in [-0.39, 0.29) is 11.8 Å². The standard InChI is InChI=1S/C18H27N3O/c22-18(16-6-10-19-11-7-16)20-17-8-12-21(13-9-17)14-15-4-2-1-3-5-15/h1-5,16-17,19H,6-14H2,(H,20,22). The molecule has 2 saturated heterocycles. The molecule has 0 saturated carbocycles. The number of benzene rings is 1. The third-order valence-electron chi connectivity index (χ3n) is 4.89. The Morgan fingerprint density at radius 2 is 1.77 bits per heavy atom. The minimum absolute atomic E-state index is 0.226. The summed E-state index contributed by atoms with van der Waals surface area (Å²) in [5.41, 5.74) is 1.37. The number of carbonyl (C=O) groups excluding carboxylic acids is 1. The summed E-state index contributed by atoms with van der Waals surface area (Å²) in [4.78, 5) is 14.8. The van der Waals surface area contributed by atoms with E-state index in [1.807, 2.05) is 0 Å². The molecule has 0 aromatic heterocycles. The maximum absolute atomic E-state index is 12.3. The van der Waals surface area contributed by atoms with Crippen LogP contribution in [0.3, 0.4) is 0 Å². The van der Waals surface area contributed by atoms with Crippen LogP contribution >= 0.6 is 0 Å². The quantitative estimate of drug-likeness (QED) is 0.891. The molecule has 4 nitrogen and oxygen atoms in total. The minimum atomic E-state index is 0.226. The van der Waals surface area contributed by atoms with Gasteiger partial charge in [0.25, 0.3) is 0 Å². The fourth-order valence-corrected chi connectivity index (χ4v) is 3.48. The maximum Gasteiger partial charge on any atom is 0.223 e. The second-order valence-corrected chi connectivity index (χ2v) is 6.57. The summed E-state index contributed by atoms with van der Waals surface area (Å²) in [6.07, 6.45) is 4.12. The molecule has 0 radical (unpaired) electrons. The van der Waals surface area contributed by atoms with Gasteiger partial charge in [0.05, 0.1) is 0 Å². The normalized spacial score (nSPS) is 21.6. The molecule has 0 spiro atoms. The molecule has 2 fully saturated rings. The van der Waals surface area contributed by atoms with Crippen molar-refractivity contribution in [3.8, 4) is 0 Å². The van der Waals surface area contributed by atoms with E-state index in [1.165, 1.54) is 5.56 Å². The lowest BCUT2D eigenvalue weighted by molar-refractivity contribution is -0.126. The number of carbonyl (C=O) groups is 1. The predicted molar refractivity (Wildman–Crippen MR) is 88.5 cm³/mol. The number of hydrogen-bond donors (Lipinski definition) is 2. The second-order valence-electron chi connectivity index (χ2n) is 6.57. The minimum Gasteiger partial charge on any atom is -0.353 e. The lowest BCUT2D eigenvalue weighted by atomic mass is 9.96. The van der Waals surface area contributed by atoms with Crippen molar-refractivity contribution in [2.24, 2.45) is 5.92 Å². The van der Waals surface area contributed by atoms with Gasteiger partial charge in [-0.25, -0.2) is 0 Å². The fraction of sp³-hybridized carbons (Fsp3) is 0.611. The Bertz CT molecular complexity index is 462. The highest BCUT2D eigenvalue weighted by molar-refractivity contribution is 5.79. The van der Waals surface area contributed by atoms with Crippen molar-refractivity contribution in [2.45, 2.75) is 38.3 Å². The van der Waals surface area contributed by atoms with Gasteiger partial charge < -0.3 is 10.6 Å². The Hall–Kier alpha value is -1.39. The second kappa shape index (κ2) is 7.75. The fourth-order valence-electron chi connectivity index (χ4n) is 3.48. The summed E-state index contributed by atoms with van der Waals surface area (Å²) >= 11 is 0. The first-order valence-electron chi connectivity index (χ1n) is 8.58. The van der Waals surface area contributed by atoms with E-state index in [2.05, 4.69) is 45.9 Å². The first-order chi connectivity index (χ1) is 10.8. The highest BCUT2D eigenvalue weighted by Crippen LogP contribution is 2.16. The highest BCUT2D eigenvalue weighted by Gasteiger charge is 2.25. The van der Waals surface area contributed by atoms with Gasteiger partial charge in [0.1, 0.15) is 0 Å². The molecule has 0 bridgehead atoms. The summed E-state index contributed by atoms with van der Waals surface area (Å²) in [6, 6.07) is 11.0. The van der Waals surface area contributed by atoms with Crippen LogP contribution in [0.25, 0.3) is 0 Å². The van der Waals surface area contributed by atoms with E-state index in [0.29, 0.717) is 6.04 Å². The number of piperidine rings is 2. The van der Waals surface area contributed by atoms with Gasteiger partial charge >= 0.3 is 0 Å². The molecule has 1 aromatic carbocycles. The van der Waals surface area contributed by atoms with Crippen LogP contribution in [-0.4, -0.2) is 43.0 Å². The van der Waals surface area contributed by atoms with Gasteiger partial charge in [-0.05, 0) is 44.3 Å². The topological polar surface area (TPSA) is 44.4 Å². The third-order valence-corrected chi connectivity index (χ3v) is 4.89. The third kappa shape index (κ3) is 4.31. The Morgan fingerprint density at radius 1 is 1.09 bits per heavy atom. The number of rotatable bonds is 4. The average molecular weight is 301 g/mol. The molecule has 3 rings (SSSR count). The molecule has 4 heteroatoms. The Labute approximate surface area is 133 Å². The van der Waals surface area contributed by atoms with Gasteiger partial charge in [-0.15, -0.1) is 0 Å². The molecule has 2 heterocycles. The molecule has 22 heavy (non-hydrogen) atoms. The van der Waals surface area contributed by atoms with Crippen LogP contribution in [0.1, 0.15) is 31.2 Å². The number of amides is 1. The van der Waals surface area contributed by atoms with Crippen LogP contribution < -0.4 is 10.6 Å².